The SMILES string of the molecule is Cc1ccc(F)cc1S(=O)(=O)NC(CO)(CO)CO. The van der Waals surface area contributed by atoms with Gasteiger partial charge in [0.15, 0.2) is 0 Å². The number of aryl methyl sites for hydroxylation is 1. The fourth-order valence-electron chi connectivity index (χ4n) is 1.45. The zero-order valence-electron chi connectivity index (χ0n) is 10.3. The number of rotatable bonds is 6. The molecule has 0 saturated carbocycles. The summed E-state index contributed by atoms with van der Waals surface area (Å²) < 4.78 is 39.3. The second-order valence-electron chi connectivity index (χ2n) is 4.27. The summed E-state index contributed by atoms with van der Waals surface area (Å²) >= 11 is 0. The molecule has 1 aromatic carbocycles. The Balaban J connectivity index is 3.21. The molecule has 0 saturated heterocycles. The van der Waals surface area contributed by atoms with Gasteiger partial charge < -0.3 is 15.3 Å². The van der Waals surface area contributed by atoms with Gasteiger partial charge in [0, 0.05) is 0 Å². The summed E-state index contributed by atoms with van der Waals surface area (Å²) in [6.45, 7) is -0.915. The predicted molar refractivity (Wildman–Crippen MR) is 65.4 cm³/mol. The van der Waals surface area contributed by atoms with Crippen LogP contribution in [0.1, 0.15) is 5.56 Å². The summed E-state index contributed by atoms with van der Waals surface area (Å²) in [7, 11) is -4.18. The lowest BCUT2D eigenvalue weighted by Crippen LogP contribution is -2.56. The van der Waals surface area contributed by atoms with Crippen molar-refractivity contribution in [2.45, 2.75) is 17.4 Å². The third-order valence-electron chi connectivity index (χ3n) is 2.70. The van der Waals surface area contributed by atoms with Crippen molar-refractivity contribution in [2.75, 3.05) is 19.8 Å². The van der Waals surface area contributed by atoms with Crippen LogP contribution in [0.5, 0.6) is 0 Å². The average molecular weight is 293 g/mol. The van der Waals surface area contributed by atoms with Crippen molar-refractivity contribution in [3.05, 3.63) is 29.6 Å². The number of hydrogen-bond donors (Lipinski definition) is 4. The Morgan fingerprint density at radius 1 is 1.21 bits per heavy atom. The first-order valence-corrected chi connectivity index (χ1v) is 6.91. The highest BCUT2D eigenvalue weighted by Crippen LogP contribution is 2.18. The number of nitrogens with one attached hydrogen (secondary N) is 1. The largest absolute Gasteiger partial charge is 0.394 e. The minimum absolute atomic E-state index is 0.302. The normalized spacial score (nSPS) is 12.7. The van der Waals surface area contributed by atoms with Gasteiger partial charge in [0.1, 0.15) is 11.4 Å². The summed E-state index contributed by atoms with van der Waals surface area (Å²) in [5.41, 5.74) is -1.49. The summed E-state index contributed by atoms with van der Waals surface area (Å²) in [6, 6.07) is 3.24. The van der Waals surface area contributed by atoms with Crippen LogP contribution in [0.3, 0.4) is 0 Å². The van der Waals surface area contributed by atoms with E-state index in [1.54, 1.807) is 0 Å². The molecule has 0 spiro atoms. The lowest BCUT2D eigenvalue weighted by molar-refractivity contribution is 0.0582. The van der Waals surface area contributed by atoms with Gasteiger partial charge in [-0.3, -0.25) is 0 Å². The van der Waals surface area contributed by atoms with E-state index in [-0.39, 0.29) is 4.90 Å². The van der Waals surface area contributed by atoms with Crippen molar-refractivity contribution in [1.29, 1.82) is 0 Å². The molecule has 0 amide bonds. The van der Waals surface area contributed by atoms with Gasteiger partial charge in [-0.15, -0.1) is 0 Å². The molecule has 6 nitrogen and oxygen atoms in total. The molecule has 0 aliphatic heterocycles. The van der Waals surface area contributed by atoms with E-state index < -0.39 is 41.2 Å². The van der Waals surface area contributed by atoms with E-state index in [4.69, 9.17) is 15.3 Å². The van der Waals surface area contributed by atoms with E-state index in [1.165, 1.54) is 13.0 Å². The van der Waals surface area contributed by atoms with Crippen LogP contribution in [-0.4, -0.2) is 49.1 Å². The molecular weight excluding hydrogens is 277 g/mol. The van der Waals surface area contributed by atoms with Gasteiger partial charge in [0.05, 0.1) is 24.7 Å². The minimum Gasteiger partial charge on any atom is -0.394 e. The second kappa shape index (κ2) is 5.93. The van der Waals surface area contributed by atoms with Crippen molar-refractivity contribution in [1.82, 2.24) is 4.72 Å². The van der Waals surface area contributed by atoms with Gasteiger partial charge in [-0.25, -0.2) is 12.8 Å². The minimum atomic E-state index is -4.18. The highest BCUT2D eigenvalue weighted by molar-refractivity contribution is 7.89. The average Bonchev–Trinajstić information content (AvgIpc) is 2.39. The van der Waals surface area contributed by atoms with E-state index >= 15 is 0 Å². The molecule has 4 N–H and O–H groups in total. The number of aliphatic hydroxyl groups excluding tert-OH is 3. The quantitative estimate of drug-likeness (QED) is 0.545. The van der Waals surface area contributed by atoms with Crippen molar-refractivity contribution in [2.24, 2.45) is 0 Å². The molecule has 0 fully saturated rings. The van der Waals surface area contributed by atoms with Crippen LogP contribution < -0.4 is 4.72 Å². The van der Waals surface area contributed by atoms with E-state index in [0.29, 0.717) is 5.56 Å². The van der Waals surface area contributed by atoms with Crippen molar-refractivity contribution < 1.29 is 28.1 Å². The number of benzene rings is 1. The lowest BCUT2D eigenvalue weighted by Gasteiger charge is -2.28. The highest BCUT2D eigenvalue weighted by atomic mass is 32.2. The summed E-state index contributed by atoms with van der Waals surface area (Å²) in [6.07, 6.45) is 0. The number of halogens is 1. The Morgan fingerprint density at radius 3 is 2.21 bits per heavy atom. The molecule has 0 aliphatic rings. The Hall–Kier alpha value is -1.06. The van der Waals surface area contributed by atoms with Gasteiger partial charge >= 0.3 is 0 Å². The van der Waals surface area contributed by atoms with Crippen molar-refractivity contribution in [3.8, 4) is 0 Å². The molecule has 0 aromatic heterocycles. The van der Waals surface area contributed by atoms with Crippen LogP contribution in [0.2, 0.25) is 0 Å². The summed E-state index contributed by atoms with van der Waals surface area (Å²) in [4.78, 5) is -0.313. The molecule has 8 heteroatoms. The second-order valence-corrected chi connectivity index (χ2v) is 5.92. The van der Waals surface area contributed by atoms with Gasteiger partial charge in [-0.05, 0) is 24.6 Å². The molecule has 0 unspecified atom stereocenters. The first-order chi connectivity index (χ1) is 8.80. The summed E-state index contributed by atoms with van der Waals surface area (Å²) in [5.74, 6) is -0.728. The fourth-order valence-corrected chi connectivity index (χ4v) is 3.08. The number of sulfonamides is 1. The Bertz CT molecular complexity index is 534. The van der Waals surface area contributed by atoms with E-state index in [1.807, 2.05) is 4.72 Å². The topological polar surface area (TPSA) is 107 Å². The van der Waals surface area contributed by atoms with Crippen LogP contribution in [-0.2, 0) is 10.0 Å². The molecular formula is C11H16FNO5S. The zero-order valence-corrected chi connectivity index (χ0v) is 11.1. The fraction of sp³-hybridized carbons (Fsp3) is 0.455. The van der Waals surface area contributed by atoms with Crippen LogP contribution in [0, 0.1) is 12.7 Å². The van der Waals surface area contributed by atoms with Crippen LogP contribution in [0.25, 0.3) is 0 Å². The molecule has 108 valence electrons. The Morgan fingerprint density at radius 2 is 1.74 bits per heavy atom. The maximum absolute atomic E-state index is 13.1. The molecule has 1 aromatic rings. The maximum atomic E-state index is 13.1. The Labute approximate surface area is 110 Å². The van der Waals surface area contributed by atoms with Crippen LogP contribution in [0.4, 0.5) is 4.39 Å². The molecule has 1 rings (SSSR count). The van der Waals surface area contributed by atoms with Crippen molar-refractivity contribution in [3.63, 3.8) is 0 Å². The summed E-state index contributed by atoms with van der Waals surface area (Å²) in [5, 5.41) is 27.3. The molecule has 0 radical (unpaired) electrons. The standard InChI is InChI=1S/C11H16FNO5S/c1-8-2-3-9(12)4-10(8)19(17,18)13-11(5-14,6-15)7-16/h2-4,13-16H,5-7H2,1H3. The first-order valence-electron chi connectivity index (χ1n) is 5.43. The van der Waals surface area contributed by atoms with E-state index in [2.05, 4.69) is 0 Å². The number of aliphatic hydroxyl groups is 3. The molecule has 19 heavy (non-hydrogen) atoms. The zero-order chi connectivity index (χ0) is 14.7. The van der Waals surface area contributed by atoms with Gasteiger partial charge in [-0.1, -0.05) is 6.07 Å². The third kappa shape index (κ3) is 3.48. The highest BCUT2D eigenvalue weighted by Gasteiger charge is 2.34. The monoisotopic (exact) mass is 293 g/mol. The molecule has 0 atom stereocenters. The Kier molecular flexibility index (Phi) is 4.99. The molecule has 0 aliphatic carbocycles. The van der Waals surface area contributed by atoms with Crippen LogP contribution in [0.15, 0.2) is 23.1 Å². The van der Waals surface area contributed by atoms with Gasteiger partial charge in [-0.2, -0.15) is 4.72 Å². The number of hydrogen-bond acceptors (Lipinski definition) is 5. The molecule has 0 heterocycles. The lowest BCUT2D eigenvalue weighted by atomic mass is 10.1. The van der Waals surface area contributed by atoms with Gasteiger partial charge in [0.2, 0.25) is 10.0 Å². The smallest absolute Gasteiger partial charge is 0.241 e. The molecule has 0 bridgehead atoms. The van der Waals surface area contributed by atoms with Gasteiger partial charge in [0.25, 0.3) is 0 Å². The maximum Gasteiger partial charge on any atom is 0.241 e. The van der Waals surface area contributed by atoms with Crippen molar-refractivity contribution >= 4 is 10.0 Å². The predicted octanol–water partition coefficient (Wildman–Crippen LogP) is -0.872. The third-order valence-corrected chi connectivity index (χ3v) is 4.42. The van der Waals surface area contributed by atoms with Crippen LogP contribution >= 0.6 is 0 Å². The van der Waals surface area contributed by atoms with E-state index in [9.17, 15) is 12.8 Å². The van der Waals surface area contributed by atoms with E-state index in [0.717, 1.165) is 12.1 Å². The first kappa shape index (κ1) is 16.0.